The topological polar surface area (TPSA) is 52.6 Å². The van der Waals surface area contributed by atoms with Gasteiger partial charge in [0.2, 0.25) is 5.91 Å². The molecule has 0 bridgehead atoms. The molecule has 116 valence electrons. The predicted octanol–water partition coefficient (Wildman–Crippen LogP) is 2.10. The molecular formula is C17H26N2O2. The van der Waals surface area contributed by atoms with Gasteiger partial charge in [-0.2, -0.15) is 0 Å². The summed E-state index contributed by atoms with van der Waals surface area (Å²) in [5.74, 6) is 0.0490. The Morgan fingerprint density at radius 3 is 2.76 bits per heavy atom. The fourth-order valence-electron chi connectivity index (χ4n) is 2.79. The Labute approximate surface area is 127 Å². The summed E-state index contributed by atoms with van der Waals surface area (Å²) in [6.07, 6.45) is 2.48. The third-order valence-electron chi connectivity index (χ3n) is 4.20. The highest BCUT2D eigenvalue weighted by molar-refractivity contribution is 5.78. The Morgan fingerprint density at radius 1 is 1.33 bits per heavy atom. The molecule has 1 aliphatic rings. The first-order valence-electron chi connectivity index (χ1n) is 7.75. The number of amides is 1. The van der Waals surface area contributed by atoms with Gasteiger partial charge in [0, 0.05) is 6.54 Å². The third kappa shape index (κ3) is 5.14. The van der Waals surface area contributed by atoms with Gasteiger partial charge < -0.3 is 10.4 Å². The molecule has 2 unspecified atom stereocenters. The number of carbonyl (C=O) groups is 1. The van der Waals surface area contributed by atoms with Gasteiger partial charge in [0.05, 0.1) is 18.2 Å². The van der Waals surface area contributed by atoms with Crippen LogP contribution in [0.5, 0.6) is 0 Å². The zero-order chi connectivity index (χ0) is 15.3. The Bertz CT molecular complexity index is 459. The van der Waals surface area contributed by atoms with E-state index in [2.05, 4.69) is 10.2 Å². The van der Waals surface area contributed by atoms with E-state index in [1.165, 1.54) is 0 Å². The Balaban J connectivity index is 1.82. The van der Waals surface area contributed by atoms with Crippen molar-refractivity contribution in [1.29, 1.82) is 0 Å². The molecular weight excluding hydrogens is 264 g/mol. The number of nitrogens with zero attached hydrogens (tertiary/aromatic N) is 1. The zero-order valence-electron chi connectivity index (χ0n) is 13.0. The molecule has 4 heteroatoms. The van der Waals surface area contributed by atoms with Crippen molar-refractivity contribution in [3.63, 3.8) is 0 Å². The van der Waals surface area contributed by atoms with E-state index in [1.54, 1.807) is 0 Å². The van der Waals surface area contributed by atoms with E-state index in [-0.39, 0.29) is 11.9 Å². The molecule has 0 aliphatic carbocycles. The molecule has 1 saturated heterocycles. The molecule has 1 aliphatic heterocycles. The van der Waals surface area contributed by atoms with Gasteiger partial charge in [-0.05, 0) is 45.2 Å². The Morgan fingerprint density at radius 2 is 2.05 bits per heavy atom. The number of hydrogen-bond donors (Lipinski definition) is 2. The van der Waals surface area contributed by atoms with Crippen LogP contribution in [0.4, 0.5) is 0 Å². The van der Waals surface area contributed by atoms with Crippen LogP contribution in [0.1, 0.15) is 44.7 Å². The Hall–Kier alpha value is -1.39. The normalized spacial score (nSPS) is 25.1. The first-order valence-corrected chi connectivity index (χ1v) is 7.75. The molecule has 1 fully saturated rings. The van der Waals surface area contributed by atoms with E-state index in [0.29, 0.717) is 6.54 Å². The molecule has 2 N–H and O–H groups in total. The van der Waals surface area contributed by atoms with Crippen LogP contribution >= 0.6 is 0 Å². The van der Waals surface area contributed by atoms with Crippen molar-refractivity contribution >= 4 is 5.91 Å². The average Bonchev–Trinajstić information content (AvgIpc) is 2.61. The van der Waals surface area contributed by atoms with Crippen molar-refractivity contribution < 1.29 is 9.90 Å². The van der Waals surface area contributed by atoms with E-state index < -0.39 is 5.60 Å². The van der Waals surface area contributed by atoms with Gasteiger partial charge in [-0.1, -0.05) is 30.3 Å². The summed E-state index contributed by atoms with van der Waals surface area (Å²) in [5, 5.41) is 13.1. The molecule has 0 aromatic heterocycles. The standard InChI is InChI=1S/C17H26N2O2/c1-14(15-7-4-3-5-8-15)18-16(20)13-19-11-6-9-17(2,21)10-12-19/h3-5,7-8,14,21H,6,9-13H2,1-2H3,(H,18,20). The summed E-state index contributed by atoms with van der Waals surface area (Å²) < 4.78 is 0. The van der Waals surface area contributed by atoms with Crippen molar-refractivity contribution in [3.8, 4) is 0 Å². The molecule has 0 radical (unpaired) electrons. The minimum absolute atomic E-state index is 0.0220. The number of aliphatic hydroxyl groups is 1. The lowest BCUT2D eigenvalue weighted by atomic mass is 9.98. The van der Waals surface area contributed by atoms with Crippen LogP contribution in [0.25, 0.3) is 0 Å². The van der Waals surface area contributed by atoms with Crippen molar-refractivity contribution in [2.24, 2.45) is 0 Å². The molecule has 4 nitrogen and oxygen atoms in total. The molecule has 0 saturated carbocycles. The highest BCUT2D eigenvalue weighted by atomic mass is 16.3. The molecule has 1 aromatic rings. The fraction of sp³-hybridized carbons (Fsp3) is 0.588. The molecule has 21 heavy (non-hydrogen) atoms. The summed E-state index contributed by atoms with van der Waals surface area (Å²) in [6, 6.07) is 10.0. The third-order valence-corrected chi connectivity index (χ3v) is 4.20. The van der Waals surface area contributed by atoms with Gasteiger partial charge in [-0.3, -0.25) is 9.69 Å². The van der Waals surface area contributed by atoms with Gasteiger partial charge in [-0.25, -0.2) is 0 Å². The summed E-state index contributed by atoms with van der Waals surface area (Å²) in [6.45, 7) is 5.95. The monoisotopic (exact) mass is 290 g/mol. The number of carbonyl (C=O) groups excluding carboxylic acids is 1. The lowest BCUT2D eigenvalue weighted by Crippen LogP contribution is -2.39. The van der Waals surface area contributed by atoms with Gasteiger partial charge in [0.15, 0.2) is 0 Å². The van der Waals surface area contributed by atoms with Gasteiger partial charge in [0.25, 0.3) is 0 Å². The van der Waals surface area contributed by atoms with Crippen LogP contribution in [-0.2, 0) is 4.79 Å². The van der Waals surface area contributed by atoms with Crippen LogP contribution < -0.4 is 5.32 Å². The number of likely N-dealkylation sites (tertiary alicyclic amines) is 1. The van der Waals surface area contributed by atoms with E-state index in [1.807, 2.05) is 44.2 Å². The molecule has 2 rings (SSSR count). The molecule has 0 spiro atoms. The minimum atomic E-state index is -0.581. The van der Waals surface area contributed by atoms with Gasteiger partial charge in [0.1, 0.15) is 0 Å². The van der Waals surface area contributed by atoms with Gasteiger partial charge >= 0.3 is 0 Å². The summed E-state index contributed by atoms with van der Waals surface area (Å²) in [7, 11) is 0. The second-order valence-electron chi connectivity index (χ2n) is 6.33. The minimum Gasteiger partial charge on any atom is -0.390 e. The molecule has 2 atom stereocenters. The maximum absolute atomic E-state index is 12.2. The van der Waals surface area contributed by atoms with Crippen molar-refractivity contribution in [2.45, 2.75) is 44.8 Å². The molecule has 1 heterocycles. The summed E-state index contributed by atoms with van der Waals surface area (Å²) in [4.78, 5) is 14.3. The van der Waals surface area contributed by atoms with Crippen LogP contribution in [0.3, 0.4) is 0 Å². The number of rotatable bonds is 4. The molecule has 1 aromatic carbocycles. The van der Waals surface area contributed by atoms with E-state index in [0.717, 1.165) is 37.9 Å². The first kappa shape index (κ1) is 16.0. The number of hydrogen-bond acceptors (Lipinski definition) is 3. The smallest absolute Gasteiger partial charge is 0.234 e. The lowest BCUT2D eigenvalue weighted by Gasteiger charge is -2.23. The largest absolute Gasteiger partial charge is 0.390 e. The predicted molar refractivity (Wildman–Crippen MR) is 83.9 cm³/mol. The van der Waals surface area contributed by atoms with Crippen molar-refractivity contribution in [1.82, 2.24) is 10.2 Å². The van der Waals surface area contributed by atoms with Crippen molar-refractivity contribution in [2.75, 3.05) is 19.6 Å². The fourth-order valence-corrected chi connectivity index (χ4v) is 2.79. The maximum Gasteiger partial charge on any atom is 0.234 e. The highest BCUT2D eigenvalue weighted by Gasteiger charge is 2.25. The highest BCUT2D eigenvalue weighted by Crippen LogP contribution is 2.21. The summed E-state index contributed by atoms with van der Waals surface area (Å²) in [5.41, 5.74) is 0.535. The lowest BCUT2D eigenvalue weighted by molar-refractivity contribution is -0.123. The number of benzene rings is 1. The molecule has 1 amide bonds. The SMILES string of the molecule is CC(NC(=O)CN1CCCC(C)(O)CC1)c1ccccc1. The quantitative estimate of drug-likeness (QED) is 0.893. The van der Waals surface area contributed by atoms with Crippen LogP contribution in [0, 0.1) is 0 Å². The van der Waals surface area contributed by atoms with Crippen molar-refractivity contribution in [3.05, 3.63) is 35.9 Å². The second kappa shape index (κ2) is 7.05. The van der Waals surface area contributed by atoms with E-state index in [4.69, 9.17) is 0 Å². The van der Waals surface area contributed by atoms with Crippen LogP contribution in [-0.4, -0.2) is 41.1 Å². The van der Waals surface area contributed by atoms with Crippen LogP contribution in [0.15, 0.2) is 30.3 Å². The average molecular weight is 290 g/mol. The first-order chi connectivity index (χ1) is 9.96. The Kier molecular flexibility index (Phi) is 5.37. The van der Waals surface area contributed by atoms with Crippen LogP contribution in [0.2, 0.25) is 0 Å². The zero-order valence-corrected chi connectivity index (χ0v) is 13.0. The number of nitrogens with one attached hydrogen (secondary N) is 1. The van der Waals surface area contributed by atoms with Gasteiger partial charge in [-0.15, -0.1) is 0 Å². The van der Waals surface area contributed by atoms with E-state index in [9.17, 15) is 9.90 Å². The van der Waals surface area contributed by atoms with E-state index >= 15 is 0 Å². The second-order valence-corrected chi connectivity index (χ2v) is 6.33. The maximum atomic E-state index is 12.2. The summed E-state index contributed by atoms with van der Waals surface area (Å²) >= 11 is 0.